The minimum atomic E-state index is -3.27. The molecular formula is C16H22N4O4S. The van der Waals surface area contributed by atoms with E-state index in [2.05, 4.69) is 16.1 Å². The molecule has 1 heterocycles. The Morgan fingerprint density at radius 2 is 2.04 bits per heavy atom. The average Bonchev–Trinajstić information content (AvgIpc) is 2.60. The standard InChI is InChI=1S/C16H22N4O4S/c1-25(22,23)19-5-4-14-10-13(11-17)2-3-15(14)12-18-16(21)20-6-8-24-9-7-20/h2-3,10,19H,4-9,12H2,1H3,(H,18,21). The van der Waals surface area contributed by atoms with Crippen molar-refractivity contribution in [2.45, 2.75) is 13.0 Å². The van der Waals surface area contributed by atoms with Gasteiger partial charge >= 0.3 is 6.03 Å². The molecule has 1 fully saturated rings. The summed E-state index contributed by atoms with van der Waals surface area (Å²) < 4.78 is 30.0. The zero-order valence-electron chi connectivity index (χ0n) is 14.1. The van der Waals surface area contributed by atoms with Gasteiger partial charge in [0.1, 0.15) is 0 Å². The molecule has 1 saturated heterocycles. The molecule has 0 unspecified atom stereocenters. The second-order valence-electron chi connectivity index (χ2n) is 5.77. The van der Waals surface area contributed by atoms with Crippen molar-refractivity contribution < 1.29 is 17.9 Å². The van der Waals surface area contributed by atoms with Gasteiger partial charge < -0.3 is 15.0 Å². The molecule has 136 valence electrons. The van der Waals surface area contributed by atoms with Crippen molar-refractivity contribution in [2.24, 2.45) is 0 Å². The Morgan fingerprint density at radius 3 is 2.68 bits per heavy atom. The zero-order chi connectivity index (χ0) is 18.3. The number of carbonyl (C=O) groups is 1. The topological polar surface area (TPSA) is 112 Å². The third-order valence-corrected chi connectivity index (χ3v) is 4.55. The fourth-order valence-electron chi connectivity index (χ4n) is 2.52. The summed E-state index contributed by atoms with van der Waals surface area (Å²) in [6.45, 7) is 2.74. The predicted molar refractivity (Wildman–Crippen MR) is 92.3 cm³/mol. The van der Waals surface area contributed by atoms with Crippen LogP contribution in [-0.4, -0.2) is 58.5 Å². The van der Waals surface area contributed by atoms with Crippen LogP contribution in [0.2, 0.25) is 0 Å². The monoisotopic (exact) mass is 366 g/mol. The smallest absolute Gasteiger partial charge is 0.317 e. The van der Waals surface area contributed by atoms with Crippen LogP contribution in [0.25, 0.3) is 0 Å². The van der Waals surface area contributed by atoms with Crippen molar-refractivity contribution in [3.63, 3.8) is 0 Å². The highest BCUT2D eigenvalue weighted by atomic mass is 32.2. The molecule has 0 aliphatic carbocycles. The fraction of sp³-hybridized carbons (Fsp3) is 0.500. The molecule has 1 aromatic carbocycles. The number of carbonyl (C=O) groups excluding carboxylic acids is 1. The maximum Gasteiger partial charge on any atom is 0.317 e. The highest BCUT2D eigenvalue weighted by molar-refractivity contribution is 7.88. The van der Waals surface area contributed by atoms with Crippen LogP contribution in [0, 0.1) is 11.3 Å². The Balaban J connectivity index is 2.00. The van der Waals surface area contributed by atoms with E-state index in [0.29, 0.717) is 44.8 Å². The molecule has 0 bridgehead atoms. The number of amides is 2. The number of nitrogens with one attached hydrogen (secondary N) is 2. The van der Waals surface area contributed by atoms with Crippen LogP contribution in [0.3, 0.4) is 0 Å². The summed E-state index contributed by atoms with van der Waals surface area (Å²) in [7, 11) is -3.27. The van der Waals surface area contributed by atoms with Gasteiger partial charge in [-0.05, 0) is 29.7 Å². The maximum atomic E-state index is 12.2. The van der Waals surface area contributed by atoms with Gasteiger partial charge in [0.25, 0.3) is 0 Å². The van der Waals surface area contributed by atoms with E-state index in [0.717, 1.165) is 17.4 Å². The largest absolute Gasteiger partial charge is 0.378 e. The Kier molecular flexibility index (Phi) is 6.75. The first-order valence-electron chi connectivity index (χ1n) is 7.96. The third kappa shape index (κ3) is 6.34. The van der Waals surface area contributed by atoms with E-state index < -0.39 is 10.0 Å². The summed E-state index contributed by atoms with van der Waals surface area (Å²) in [6.07, 6.45) is 1.54. The Morgan fingerprint density at radius 1 is 1.32 bits per heavy atom. The molecule has 0 radical (unpaired) electrons. The van der Waals surface area contributed by atoms with Crippen molar-refractivity contribution >= 4 is 16.1 Å². The van der Waals surface area contributed by atoms with Gasteiger partial charge in [0.05, 0.1) is 31.1 Å². The number of nitrogens with zero attached hydrogens (tertiary/aromatic N) is 2. The van der Waals surface area contributed by atoms with Crippen LogP contribution in [0.5, 0.6) is 0 Å². The van der Waals surface area contributed by atoms with Crippen LogP contribution >= 0.6 is 0 Å². The number of ether oxygens (including phenoxy) is 1. The highest BCUT2D eigenvalue weighted by Crippen LogP contribution is 2.13. The minimum absolute atomic E-state index is 0.159. The molecule has 0 spiro atoms. The molecule has 2 amide bonds. The number of sulfonamides is 1. The first kappa shape index (κ1) is 19.2. The van der Waals surface area contributed by atoms with Gasteiger partial charge in [0.2, 0.25) is 10.0 Å². The van der Waals surface area contributed by atoms with Crippen molar-refractivity contribution in [2.75, 3.05) is 39.1 Å². The second kappa shape index (κ2) is 8.80. The number of nitriles is 1. The molecular weight excluding hydrogens is 344 g/mol. The van der Waals surface area contributed by atoms with Gasteiger partial charge in [-0.25, -0.2) is 17.9 Å². The Bertz CT molecular complexity index is 752. The average molecular weight is 366 g/mol. The van der Waals surface area contributed by atoms with E-state index in [-0.39, 0.29) is 12.6 Å². The molecule has 9 heteroatoms. The lowest BCUT2D eigenvalue weighted by molar-refractivity contribution is 0.0531. The molecule has 0 saturated carbocycles. The Labute approximate surface area is 147 Å². The number of hydrogen-bond donors (Lipinski definition) is 2. The van der Waals surface area contributed by atoms with Crippen molar-refractivity contribution in [1.82, 2.24) is 14.9 Å². The van der Waals surface area contributed by atoms with Crippen molar-refractivity contribution in [3.8, 4) is 6.07 Å². The molecule has 8 nitrogen and oxygen atoms in total. The molecule has 1 aliphatic heterocycles. The number of morpholine rings is 1. The number of hydrogen-bond acceptors (Lipinski definition) is 5. The highest BCUT2D eigenvalue weighted by Gasteiger charge is 2.16. The van der Waals surface area contributed by atoms with Crippen LogP contribution in [-0.2, 0) is 27.7 Å². The summed E-state index contributed by atoms with van der Waals surface area (Å²) in [4.78, 5) is 13.9. The summed E-state index contributed by atoms with van der Waals surface area (Å²) >= 11 is 0. The van der Waals surface area contributed by atoms with Gasteiger partial charge in [-0.1, -0.05) is 6.07 Å². The zero-order valence-corrected chi connectivity index (χ0v) is 14.9. The molecule has 2 rings (SSSR count). The first-order valence-corrected chi connectivity index (χ1v) is 9.85. The van der Waals surface area contributed by atoms with E-state index in [9.17, 15) is 13.2 Å². The second-order valence-corrected chi connectivity index (χ2v) is 7.60. The Hall–Kier alpha value is -2.15. The van der Waals surface area contributed by atoms with Gasteiger partial charge in [-0.15, -0.1) is 0 Å². The normalized spacial score (nSPS) is 14.8. The van der Waals surface area contributed by atoms with E-state index in [4.69, 9.17) is 10.00 Å². The molecule has 0 aromatic heterocycles. The van der Waals surface area contributed by atoms with Crippen LogP contribution in [0.1, 0.15) is 16.7 Å². The number of urea groups is 1. The number of benzene rings is 1. The van der Waals surface area contributed by atoms with E-state index >= 15 is 0 Å². The van der Waals surface area contributed by atoms with Gasteiger partial charge in [0.15, 0.2) is 0 Å². The first-order chi connectivity index (χ1) is 11.9. The minimum Gasteiger partial charge on any atom is -0.378 e. The SMILES string of the molecule is CS(=O)(=O)NCCc1cc(C#N)ccc1CNC(=O)N1CCOCC1. The molecule has 0 atom stereocenters. The summed E-state index contributed by atoms with van der Waals surface area (Å²) in [6, 6.07) is 7.10. The lowest BCUT2D eigenvalue weighted by Crippen LogP contribution is -2.46. The third-order valence-electron chi connectivity index (χ3n) is 3.82. The van der Waals surface area contributed by atoms with Crippen molar-refractivity contribution in [1.29, 1.82) is 5.26 Å². The lowest BCUT2D eigenvalue weighted by Gasteiger charge is -2.27. The fourth-order valence-corrected chi connectivity index (χ4v) is 2.99. The van der Waals surface area contributed by atoms with Gasteiger partial charge in [-0.3, -0.25) is 0 Å². The predicted octanol–water partition coefficient (Wildman–Crippen LogP) is 0.192. The van der Waals surface area contributed by atoms with E-state index in [1.807, 2.05) is 0 Å². The van der Waals surface area contributed by atoms with E-state index in [1.54, 1.807) is 23.1 Å². The summed E-state index contributed by atoms with van der Waals surface area (Å²) in [5, 5.41) is 11.9. The van der Waals surface area contributed by atoms with Crippen LogP contribution in [0.15, 0.2) is 18.2 Å². The molecule has 1 aliphatic rings. The number of rotatable bonds is 6. The van der Waals surface area contributed by atoms with Gasteiger partial charge in [-0.2, -0.15) is 5.26 Å². The quantitative estimate of drug-likeness (QED) is 0.747. The maximum absolute atomic E-state index is 12.2. The lowest BCUT2D eigenvalue weighted by atomic mass is 10.0. The summed E-state index contributed by atoms with van der Waals surface area (Å²) in [5.74, 6) is 0. The molecule has 25 heavy (non-hydrogen) atoms. The van der Waals surface area contributed by atoms with Crippen LogP contribution in [0.4, 0.5) is 4.79 Å². The van der Waals surface area contributed by atoms with E-state index in [1.165, 1.54) is 0 Å². The molecule has 1 aromatic rings. The van der Waals surface area contributed by atoms with Gasteiger partial charge in [0, 0.05) is 26.2 Å². The van der Waals surface area contributed by atoms with Crippen LogP contribution < -0.4 is 10.0 Å². The molecule has 2 N–H and O–H groups in total. The van der Waals surface area contributed by atoms with Crippen molar-refractivity contribution in [3.05, 3.63) is 34.9 Å². The summed E-state index contributed by atoms with van der Waals surface area (Å²) in [5.41, 5.74) is 2.19.